The zero-order chi connectivity index (χ0) is 14.8. The van der Waals surface area contributed by atoms with E-state index in [0.29, 0.717) is 28.5 Å². The summed E-state index contributed by atoms with van der Waals surface area (Å²) in [6, 6.07) is 8.31. The van der Waals surface area contributed by atoms with Gasteiger partial charge < -0.3 is 14.5 Å². The van der Waals surface area contributed by atoms with E-state index in [0.717, 1.165) is 0 Å². The maximum absolute atomic E-state index is 13.7. The van der Waals surface area contributed by atoms with Crippen LogP contribution in [0.3, 0.4) is 0 Å². The topological polar surface area (TPSA) is 60.2 Å². The van der Waals surface area contributed by atoms with Gasteiger partial charge >= 0.3 is 0 Å². The SMILES string of the molecule is CNc1cc(-c2cc3cccc(F)c3o2)nc(COC)n1. The first-order valence-electron chi connectivity index (χ1n) is 6.44. The molecule has 3 rings (SSSR count). The Morgan fingerprint density at radius 3 is 2.86 bits per heavy atom. The van der Waals surface area contributed by atoms with E-state index in [1.165, 1.54) is 6.07 Å². The molecular formula is C15H14FN3O2. The van der Waals surface area contributed by atoms with E-state index in [1.54, 1.807) is 38.4 Å². The minimum absolute atomic E-state index is 0.227. The minimum atomic E-state index is -0.390. The summed E-state index contributed by atoms with van der Waals surface area (Å²) in [6.45, 7) is 0.289. The van der Waals surface area contributed by atoms with Crippen LogP contribution in [0.15, 0.2) is 34.7 Å². The fraction of sp³-hybridized carbons (Fsp3) is 0.200. The highest BCUT2D eigenvalue weighted by atomic mass is 19.1. The molecule has 0 aliphatic carbocycles. The van der Waals surface area contributed by atoms with Crippen LogP contribution in [0.4, 0.5) is 10.2 Å². The molecule has 0 saturated carbocycles. The lowest BCUT2D eigenvalue weighted by Gasteiger charge is -2.05. The van der Waals surface area contributed by atoms with Crippen molar-refractivity contribution in [2.45, 2.75) is 6.61 Å². The van der Waals surface area contributed by atoms with Crippen molar-refractivity contribution in [3.8, 4) is 11.5 Å². The highest BCUT2D eigenvalue weighted by Gasteiger charge is 2.13. The summed E-state index contributed by atoms with van der Waals surface area (Å²) in [5.74, 6) is 1.28. The molecule has 5 nitrogen and oxygen atoms in total. The van der Waals surface area contributed by atoms with Crippen molar-refractivity contribution in [2.24, 2.45) is 0 Å². The van der Waals surface area contributed by atoms with Gasteiger partial charge in [0, 0.05) is 25.6 Å². The molecule has 108 valence electrons. The molecule has 1 aromatic carbocycles. The average Bonchev–Trinajstić information content (AvgIpc) is 2.93. The second-order valence-electron chi connectivity index (χ2n) is 4.51. The van der Waals surface area contributed by atoms with Gasteiger partial charge in [-0.05, 0) is 12.1 Å². The number of ether oxygens (including phenoxy) is 1. The highest BCUT2D eigenvalue weighted by Crippen LogP contribution is 2.29. The van der Waals surface area contributed by atoms with Crippen LogP contribution in [0.1, 0.15) is 5.82 Å². The summed E-state index contributed by atoms with van der Waals surface area (Å²) < 4.78 is 24.3. The molecule has 0 aliphatic heterocycles. The van der Waals surface area contributed by atoms with Crippen LogP contribution >= 0.6 is 0 Å². The van der Waals surface area contributed by atoms with Crippen LogP contribution < -0.4 is 5.32 Å². The zero-order valence-electron chi connectivity index (χ0n) is 11.7. The first kappa shape index (κ1) is 13.5. The van der Waals surface area contributed by atoms with Crippen molar-refractivity contribution < 1.29 is 13.5 Å². The Hall–Kier alpha value is -2.47. The number of rotatable bonds is 4. The molecule has 0 fully saturated rings. The Balaban J connectivity index is 2.12. The number of methoxy groups -OCH3 is 1. The summed E-state index contributed by atoms with van der Waals surface area (Å²) >= 11 is 0. The van der Waals surface area contributed by atoms with E-state index >= 15 is 0 Å². The third-order valence-electron chi connectivity index (χ3n) is 3.05. The molecule has 0 spiro atoms. The standard InChI is InChI=1S/C15H14FN3O2/c1-17-13-7-11(18-14(19-13)8-20-2)12-6-9-4-3-5-10(16)15(9)21-12/h3-7H,8H2,1-2H3,(H,17,18,19). The first-order chi connectivity index (χ1) is 10.2. The number of aromatic nitrogens is 2. The third-order valence-corrected chi connectivity index (χ3v) is 3.05. The molecule has 0 aliphatic rings. The van der Waals surface area contributed by atoms with Gasteiger partial charge in [-0.3, -0.25) is 0 Å². The third kappa shape index (κ3) is 2.57. The van der Waals surface area contributed by atoms with Crippen molar-refractivity contribution >= 4 is 16.8 Å². The molecule has 0 amide bonds. The predicted octanol–water partition coefficient (Wildman–Crippen LogP) is 3.22. The van der Waals surface area contributed by atoms with Crippen LogP contribution in [-0.2, 0) is 11.3 Å². The molecule has 0 atom stereocenters. The Morgan fingerprint density at radius 2 is 2.14 bits per heavy atom. The Morgan fingerprint density at radius 1 is 1.29 bits per heavy atom. The van der Waals surface area contributed by atoms with Gasteiger partial charge in [-0.15, -0.1) is 0 Å². The number of hydrogen-bond donors (Lipinski definition) is 1. The first-order valence-corrected chi connectivity index (χ1v) is 6.44. The summed E-state index contributed by atoms with van der Waals surface area (Å²) in [6.07, 6.45) is 0. The van der Waals surface area contributed by atoms with Crippen LogP contribution in [0.5, 0.6) is 0 Å². The number of nitrogens with one attached hydrogen (secondary N) is 1. The van der Waals surface area contributed by atoms with E-state index in [-0.39, 0.29) is 12.2 Å². The van der Waals surface area contributed by atoms with Gasteiger partial charge in [-0.2, -0.15) is 0 Å². The molecule has 2 heterocycles. The van der Waals surface area contributed by atoms with E-state index in [9.17, 15) is 4.39 Å². The normalized spacial score (nSPS) is 11.0. The van der Waals surface area contributed by atoms with E-state index < -0.39 is 5.82 Å². The Bertz CT molecular complexity index is 786. The number of fused-ring (bicyclic) bond motifs is 1. The Kier molecular flexibility index (Phi) is 3.53. The van der Waals surface area contributed by atoms with Gasteiger partial charge in [0.25, 0.3) is 0 Å². The number of nitrogens with zero attached hydrogens (tertiary/aromatic N) is 2. The number of para-hydroxylation sites is 1. The lowest BCUT2D eigenvalue weighted by atomic mass is 10.2. The van der Waals surface area contributed by atoms with E-state index in [2.05, 4.69) is 15.3 Å². The molecule has 2 aromatic heterocycles. The van der Waals surface area contributed by atoms with Crippen molar-refractivity contribution in [1.29, 1.82) is 0 Å². The largest absolute Gasteiger partial charge is 0.451 e. The van der Waals surface area contributed by atoms with Gasteiger partial charge in [0.05, 0.1) is 0 Å². The molecule has 6 heteroatoms. The van der Waals surface area contributed by atoms with Gasteiger partial charge in [-0.25, -0.2) is 14.4 Å². The summed E-state index contributed by atoms with van der Waals surface area (Å²) in [5, 5.41) is 3.66. The van der Waals surface area contributed by atoms with Crippen LogP contribution in [0, 0.1) is 5.82 Å². The quantitative estimate of drug-likeness (QED) is 0.798. The highest BCUT2D eigenvalue weighted by molar-refractivity contribution is 5.82. The van der Waals surface area contributed by atoms with E-state index in [4.69, 9.17) is 9.15 Å². The van der Waals surface area contributed by atoms with E-state index in [1.807, 2.05) is 0 Å². The lowest BCUT2D eigenvalue weighted by molar-refractivity contribution is 0.178. The fourth-order valence-electron chi connectivity index (χ4n) is 2.10. The fourth-order valence-corrected chi connectivity index (χ4v) is 2.10. The van der Waals surface area contributed by atoms with Gasteiger partial charge in [0.2, 0.25) is 0 Å². The summed E-state index contributed by atoms with van der Waals surface area (Å²) in [7, 11) is 3.34. The van der Waals surface area contributed by atoms with Crippen molar-refractivity contribution in [1.82, 2.24) is 9.97 Å². The zero-order valence-corrected chi connectivity index (χ0v) is 11.7. The molecule has 1 N–H and O–H groups in total. The van der Waals surface area contributed by atoms with Crippen LogP contribution in [0.2, 0.25) is 0 Å². The average molecular weight is 287 g/mol. The molecular weight excluding hydrogens is 273 g/mol. The molecule has 0 bridgehead atoms. The smallest absolute Gasteiger partial charge is 0.170 e. The minimum Gasteiger partial charge on any atom is -0.451 e. The van der Waals surface area contributed by atoms with Gasteiger partial charge in [0.1, 0.15) is 18.1 Å². The van der Waals surface area contributed by atoms with Crippen LogP contribution in [0.25, 0.3) is 22.4 Å². The monoisotopic (exact) mass is 287 g/mol. The van der Waals surface area contributed by atoms with Gasteiger partial charge in [0.15, 0.2) is 23.0 Å². The molecule has 0 unspecified atom stereocenters. The number of furan rings is 1. The molecule has 3 aromatic rings. The number of anilines is 1. The number of hydrogen-bond acceptors (Lipinski definition) is 5. The summed E-state index contributed by atoms with van der Waals surface area (Å²) in [4.78, 5) is 8.65. The van der Waals surface area contributed by atoms with Crippen LogP contribution in [-0.4, -0.2) is 24.1 Å². The second kappa shape index (κ2) is 5.49. The van der Waals surface area contributed by atoms with Gasteiger partial charge in [-0.1, -0.05) is 12.1 Å². The predicted molar refractivity (Wildman–Crippen MR) is 77.5 cm³/mol. The summed E-state index contributed by atoms with van der Waals surface area (Å²) in [5.41, 5.74) is 0.808. The van der Waals surface area contributed by atoms with Crippen molar-refractivity contribution in [3.63, 3.8) is 0 Å². The Labute approximate surface area is 120 Å². The molecule has 21 heavy (non-hydrogen) atoms. The van der Waals surface area contributed by atoms with Crippen molar-refractivity contribution in [2.75, 3.05) is 19.5 Å². The lowest BCUT2D eigenvalue weighted by Crippen LogP contribution is -2.02. The van der Waals surface area contributed by atoms with Crippen molar-refractivity contribution in [3.05, 3.63) is 42.0 Å². The maximum atomic E-state index is 13.7. The molecule has 0 radical (unpaired) electrons. The number of halogens is 1. The number of benzene rings is 1. The maximum Gasteiger partial charge on any atom is 0.170 e. The second-order valence-corrected chi connectivity index (χ2v) is 4.51. The molecule has 0 saturated heterocycles.